The number of hydrogen-bond donors (Lipinski definition) is 0. The Morgan fingerprint density at radius 3 is 2.32 bits per heavy atom. The monoisotopic (exact) mass is 376 g/mol. The first kappa shape index (κ1) is 20.0. The summed E-state index contributed by atoms with van der Waals surface area (Å²) < 4.78 is 28.6. The highest BCUT2D eigenvalue weighted by molar-refractivity contribution is 5.70. The molecule has 0 aliphatic rings. The summed E-state index contributed by atoms with van der Waals surface area (Å²) in [4.78, 5) is 0. The molecule has 2 heteroatoms. The van der Waals surface area contributed by atoms with Gasteiger partial charge in [0.1, 0.15) is 11.6 Å². The maximum Gasteiger partial charge on any atom is 0.130 e. The second-order valence-electron chi connectivity index (χ2n) is 7.31. The minimum atomic E-state index is -0.253. The molecule has 0 saturated heterocycles. The van der Waals surface area contributed by atoms with Gasteiger partial charge in [-0.1, -0.05) is 87.0 Å². The molecule has 144 valence electrons. The second-order valence-corrected chi connectivity index (χ2v) is 7.31. The standard InChI is InChI=1S/C26H26F2/c1-3-7-23-13-10-20(17-25(23)27)11-14-24-15-12-21(18-26(24)28)16-19(2)22-8-5-4-6-9-22/h4-6,8-15,17-19H,3,7,16H2,1-2H3/b14-11+. The normalized spacial score (nSPS) is 12.4. The van der Waals surface area contributed by atoms with Crippen LogP contribution < -0.4 is 0 Å². The molecule has 1 atom stereocenters. The average molecular weight is 376 g/mol. The highest BCUT2D eigenvalue weighted by Crippen LogP contribution is 2.22. The molecule has 0 aliphatic carbocycles. The van der Waals surface area contributed by atoms with E-state index in [9.17, 15) is 8.78 Å². The van der Waals surface area contributed by atoms with Gasteiger partial charge in [0.15, 0.2) is 0 Å². The van der Waals surface area contributed by atoms with E-state index in [-0.39, 0.29) is 11.6 Å². The van der Waals surface area contributed by atoms with Crippen LogP contribution in [-0.4, -0.2) is 0 Å². The highest BCUT2D eigenvalue weighted by atomic mass is 19.1. The van der Waals surface area contributed by atoms with E-state index in [0.29, 0.717) is 11.5 Å². The van der Waals surface area contributed by atoms with Crippen molar-refractivity contribution in [1.29, 1.82) is 0 Å². The summed E-state index contributed by atoms with van der Waals surface area (Å²) >= 11 is 0. The van der Waals surface area contributed by atoms with E-state index in [1.54, 1.807) is 24.3 Å². The lowest BCUT2D eigenvalue weighted by atomic mass is 9.93. The zero-order chi connectivity index (χ0) is 19.9. The quantitative estimate of drug-likeness (QED) is 0.376. The van der Waals surface area contributed by atoms with Crippen molar-refractivity contribution in [3.05, 3.63) is 106 Å². The van der Waals surface area contributed by atoms with Crippen molar-refractivity contribution in [3.63, 3.8) is 0 Å². The van der Waals surface area contributed by atoms with Crippen LogP contribution in [0, 0.1) is 11.6 Å². The first-order chi connectivity index (χ1) is 13.6. The third-order valence-corrected chi connectivity index (χ3v) is 5.03. The number of halogens is 2. The van der Waals surface area contributed by atoms with Gasteiger partial charge in [0, 0.05) is 5.56 Å². The fraction of sp³-hybridized carbons (Fsp3) is 0.231. The van der Waals surface area contributed by atoms with E-state index < -0.39 is 0 Å². The zero-order valence-electron chi connectivity index (χ0n) is 16.5. The summed E-state index contributed by atoms with van der Waals surface area (Å²) in [6.45, 7) is 4.18. The molecule has 0 bridgehead atoms. The Bertz CT molecular complexity index is 942. The molecule has 3 aromatic rings. The van der Waals surface area contributed by atoms with E-state index in [0.717, 1.165) is 36.0 Å². The Morgan fingerprint density at radius 2 is 1.64 bits per heavy atom. The molecule has 28 heavy (non-hydrogen) atoms. The van der Waals surface area contributed by atoms with Gasteiger partial charge in [-0.25, -0.2) is 8.78 Å². The molecule has 0 radical (unpaired) electrons. The Balaban J connectivity index is 1.70. The van der Waals surface area contributed by atoms with Crippen LogP contribution in [0.2, 0.25) is 0 Å². The van der Waals surface area contributed by atoms with Crippen molar-refractivity contribution < 1.29 is 8.78 Å². The third-order valence-electron chi connectivity index (χ3n) is 5.03. The lowest BCUT2D eigenvalue weighted by Crippen LogP contribution is -1.99. The van der Waals surface area contributed by atoms with E-state index >= 15 is 0 Å². The second kappa shape index (κ2) is 9.45. The number of benzene rings is 3. The summed E-state index contributed by atoms with van der Waals surface area (Å²) in [5.41, 5.74) is 4.19. The molecule has 0 N–H and O–H groups in total. The lowest BCUT2D eigenvalue weighted by Gasteiger charge is -2.12. The maximum atomic E-state index is 14.5. The molecule has 0 heterocycles. The molecule has 0 aromatic heterocycles. The minimum Gasteiger partial charge on any atom is -0.207 e. The van der Waals surface area contributed by atoms with Crippen LogP contribution in [0.15, 0.2) is 66.7 Å². The highest BCUT2D eigenvalue weighted by Gasteiger charge is 2.08. The maximum absolute atomic E-state index is 14.5. The third kappa shape index (κ3) is 5.16. The van der Waals surface area contributed by atoms with Gasteiger partial charge in [-0.2, -0.15) is 0 Å². The Hall–Kier alpha value is -2.74. The Kier molecular flexibility index (Phi) is 6.76. The Morgan fingerprint density at radius 1 is 0.857 bits per heavy atom. The van der Waals surface area contributed by atoms with Crippen molar-refractivity contribution >= 4 is 12.2 Å². The van der Waals surface area contributed by atoms with Gasteiger partial charge in [0.05, 0.1) is 0 Å². The molecule has 0 saturated carbocycles. The van der Waals surface area contributed by atoms with Crippen molar-refractivity contribution in [3.8, 4) is 0 Å². The van der Waals surface area contributed by atoms with Crippen LogP contribution in [0.5, 0.6) is 0 Å². The van der Waals surface area contributed by atoms with E-state index in [1.807, 2.05) is 43.3 Å². The molecular weight excluding hydrogens is 350 g/mol. The smallest absolute Gasteiger partial charge is 0.130 e. The molecule has 0 amide bonds. The summed E-state index contributed by atoms with van der Waals surface area (Å²) in [5.74, 6) is -0.126. The number of rotatable bonds is 7. The molecule has 3 rings (SSSR count). The first-order valence-corrected chi connectivity index (χ1v) is 9.86. The molecule has 0 fully saturated rings. The summed E-state index contributed by atoms with van der Waals surface area (Å²) in [6, 6.07) is 20.8. The lowest BCUT2D eigenvalue weighted by molar-refractivity contribution is 0.607. The SMILES string of the molecule is CCCc1ccc(/C=C/c2ccc(CC(C)c3ccccc3)cc2F)cc1F. The molecule has 1 unspecified atom stereocenters. The molecule has 0 nitrogen and oxygen atoms in total. The molecular formula is C26H26F2. The van der Waals surface area contributed by atoms with E-state index in [1.165, 1.54) is 11.6 Å². The van der Waals surface area contributed by atoms with Gasteiger partial charge in [-0.15, -0.1) is 0 Å². The summed E-state index contributed by atoms with van der Waals surface area (Å²) in [7, 11) is 0. The fourth-order valence-corrected chi connectivity index (χ4v) is 3.41. The van der Waals surface area contributed by atoms with Gasteiger partial charge in [0.2, 0.25) is 0 Å². The fourth-order valence-electron chi connectivity index (χ4n) is 3.41. The van der Waals surface area contributed by atoms with Gasteiger partial charge < -0.3 is 0 Å². The van der Waals surface area contributed by atoms with Gasteiger partial charge in [-0.05, 0) is 53.1 Å². The molecule has 0 aliphatic heterocycles. The predicted octanol–water partition coefficient (Wildman–Crippen LogP) is 7.43. The minimum absolute atomic E-state index is 0.199. The van der Waals surface area contributed by atoms with Gasteiger partial charge in [-0.3, -0.25) is 0 Å². The average Bonchev–Trinajstić information content (AvgIpc) is 2.70. The largest absolute Gasteiger partial charge is 0.207 e. The van der Waals surface area contributed by atoms with Crippen LogP contribution in [0.1, 0.15) is 54.0 Å². The van der Waals surface area contributed by atoms with E-state index in [2.05, 4.69) is 19.1 Å². The first-order valence-electron chi connectivity index (χ1n) is 9.86. The van der Waals surface area contributed by atoms with Crippen LogP contribution >= 0.6 is 0 Å². The van der Waals surface area contributed by atoms with Crippen molar-refractivity contribution in [2.24, 2.45) is 0 Å². The van der Waals surface area contributed by atoms with Crippen molar-refractivity contribution in [1.82, 2.24) is 0 Å². The number of aryl methyl sites for hydroxylation is 1. The summed E-state index contributed by atoms with van der Waals surface area (Å²) in [6.07, 6.45) is 5.88. The van der Waals surface area contributed by atoms with Gasteiger partial charge in [0.25, 0.3) is 0 Å². The predicted molar refractivity (Wildman–Crippen MR) is 114 cm³/mol. The van der Waals surface area contributed by atoms with Crippen molar-refractivity contribution in [2.75, 3.05) is 0 Å². The van der Waals surface area contributed by atoms with Crippen LogP contribution in [0.25, 0.3) is 12.2 Å². The molecule has 3 aromatic carbocycles. The topological polar surface area (TPSA) is 0 Å². The zero-order valence-corrected chi connectivity index (χ0v) is 16.5. The van der Waals surface area contributed by atoms with Gasteiger partial charge >= 0.3 is 0 Å². The van der Waals surface area contributed by atoms with Crippen molar-refractivity contribution in [2.45, 2.75) is 39.0 Å². The Labute approximate surface area is 166 Å². The molecule has 0 spiro atoms. The van der Waals surface area contributed by atoms with Crippen LogP contribution in [0.3, 0.4) is 0 Å². The van der Waals surface area contributed by atoms with E-state index in [4.69, 9.17) is 0 Å². The van der Waals surface area contributed by atoms with Crippen LogP contribution in [-0.2, 0) is 12.8 Å². The van der Waals surface area contributed by atoms with Crippen LogP contribution in [0.4, 0.5) is 8.78 Å². The number of hydrogen-bond acceptors (Lipinski definition) is 0. The summed E-state index contributed by atoms with van der Waals surface area (Å²) in [5, 5.41) is 0.